The largest absolute Gasteiger partial charge is 0.452 e. The smallest absolute Gasteiger partial charge is 0.338 e. The number of rotatable bonds is 5. The lowest BCUT2D eigenvalue weighted by Gasteiger charge is -2.11. The first kappa shape index (κ1) is 14.2. The molecule has 0 saturated heterocycles. The summed E-state index contributed by atoms with van der Waals surface area (Å²) in [5, 5.41) is 2.84. The van der Waals surface area contributed by atoms with Gasteiger partial charge < -0.3 is 10.1 Å². The molecule has 1 aliphatic carbocycles. The molecule has 1 fully saturated rings. The van der Waals surface area contributed by atoms with Crippen LogP contribution in [0.3, 0.4) is 0 Å². The highest BCUT2D eigenvalue weighted by molar-refractivity contribution is 5.92. The molecule has 0 heterocycles. The van der Waals surface area contributed by atoms with Crippen LogP contribution in [0.4, 0.5) is 0 Å². The zero-order valence-electron chi connectivity index (χ0n) is 11.1. The lowest BCUT2D eigenvalue weighted by molar-refractivity contribution is -0.124. The molecule has 1 saturated carbocycles. The third kappa shape index (κ3) is 3.91. The Hall–Kier alpha value is -2.17. The van der Waals surface area contributed by atoms with Gasteiger partial charge in [0.2, 0.25) is 0 Å². The molecular formula is C15H17NO4. The minimum Gasteiger partial charge on any atom is -0.452 e. The summed E-state index contributed by atoms with van der Waals surface area (Å²) in [5.74, 6) is -0.834. The highest BCUT2D eigenvalue weighted by atomic mass is 16.5. The number of aldehydes is 1. The molecule has 2 rings (SSSR count). The van der Waals surface area contributed by atoms with E-state index in [2.05, 4.69) is 5.32 Å². The standard InChI is InChI=1S/C15H17NO4/c17-9-11-5-7-12(8-6-11)15(19)20-10-14(18)16-13-3-1-2-4-13/h5-9,13H,1-4,10H2,(H,16,18). The van der Waals surface area contributed by atoms with E-state index >= 15 is 0 Å². The van der Waals surface area contributed by atoms with E-state index in [1.165, 1.54) is 24.3 Å². The van der Waals surface area contributed by atoms with Gasteiger partial charge in [0.25, 0.3) is 5.91 Å². The topological polar surface area (TPSA) is 72.5 Å². The minimum atomic E-state index is -0.566. The number of carbonyl (C=O) groups excluding carboxylic acids is 3. The lowest BCUT2D eigenvalue weighted by atomic mass is 10.1. The van der Waals surface area contributed by atoms with Gasteiger partial charge >= 0.3 is 5.97 Å². The zero-order valence-corrected chi connectivity index (χ0v) is 11.1. The molecule has 0 aromatic heterocycles. The summed E-state index contributed by atoms with van der Waals surface area (Å²) in [6, 6.07) is 6.28. The van der Waals surface area contributed by atoms with Crippen molar-refractivity contribution >= 4 is 18.2 Å². The lowest BCUT2D eigenvalue weighted by Crippen LogP contribution is -2.35. The number of hydrogen-bond donors (Lipinski definition) is 1. The molecule has 0 aliphatic heterocycles. The summed E-state index contributed by atoms with van der Waals surface area (Å²) in [4.78, 5) is 33.8. The van der Waals surface area contributed by atoms with Crippen LogP contribution in [0.25, 0.3) is 0 Å². The molecule has 0 bridgehead atoms. The summed E-state index contributed by atoms with van der Waals surface area (Å²) in [7, 11) is 0. The van der Waals surface area contributed by atoms with Gasteiger partial charge in [-0.1, -0.05) is 25.0 Å². The van der Waals surface area contributed by atoms with Gasteiger partial charge in [0.05, 0.1) is 5.56 Å². The molecule has 1 aromatic rings. The molecule has 0 unspecified atom stereocenters. The van der Waals surface area contributed by atoms with Crippen LogP contribution in [-0.4, -0.2) is 30.8 Å². The first-order chi connectivity index (χ1) is 9.69. The van der Waals surface area contributed by atoms with Crippen LogP contribution in [0.2, 0.25) is 0 Å². The summed E-state index contributed by atoms with van der Waals surface area (Å²) in [5.41, 5.74) is 0.810. The van der Waals surface area contributed by atoms with Gasteiger partial charge in [0.15, 0.2) is 6.61 Å². The van der Waals surface area contributed by atoms with Crippen LogP contribution in [0, 0.1) is 0 Å². The van der Waals surface area contributed by atoms with Crippen LogP contribution >= 0.6 is 0 Å². The SMILES string of the molecule is O=Cc1ccc(C(=O)OCC(=O)NC2CCCC2)cc1. The number of carbonyl (C=O) groups is 3. The number of hydrogen-bond acceptors (Lipinski definition) is 4. The Morgan fingerprint density at radius 2 is 1.85 bits per heavy atom. The van der Waals surface area contributed by atoms with Gasteiger partial charge in [0, 0.05) is 11.6 Å². The van der Waals surface area contributed by atoms with Crippen molar-refractivity contribution in [2.45, 2.75) is 31.7 Å². The highest BCUT2D eigenvalue weighted by Gasteiger charge is 2.18. The average molecular weight is 275 g/mol. The first-order valence-corrected chi connectivity index (χ1v) is 6.71. The Morgan fingerprint density at radius 1 is 1.20 bits per heavy atom. The maximum absolute atomic E-state index is 11.7. The second-order valence-corrected chi connectivity index (χ2v) is 4.86. The second kappa shape index (κ2) is 6.84. The van der Waals surface area contributed by atoms with Gasteiger partial charge in [-0.15, -0.1) is 0 Å². The Bertz CT molecular complexity index is 489. The van der Waals surface area contributed by atoms with Crippen molar-refractivity contribution in [1.82, 2.24) is 5.32 Å². The molecule has 0 spiro atoms. The van der Waals surface area contributed by atoms with Gasteiger partial charge in [-0.25, -0.2) is 4.79 Å². The summed E-state index contributed by atoms with van der Waals surface area (Å²) < 4.78 is 4.93. The molecule has 1 amide bonds. The van der Waals surface area contributed by atoms with Crippen molar-refractivity contribution < 1.29 is 19.1 Å². The van der Waals surface area contributed by atoms with Crippen LogP contribution in [-0.2, 0) is 9.53 Å². The third-order valence-corrected chi connectivity index (χ3v) is 3.34. The van der Waals surface area contributed by atoms with Crippen LogP contribution in [0.5, 0.6) is 0 Å². The quantitative estimate of drug-likeness (QED) is 0.656. The molecule has 1 aliphatic rings. The molecule has 1 N–H and O–H groups in total. The van der Waals surface area contributed by atoms with Crippen molar-refractivity contribution in [3.05, 3.63) is 35.4 Å². The van der Waals surface area contributed by atoms with Crippen molar-refractivity contribution in [2.24, 2.45) is 0 Å². The summed E-state index contributed by atoms with van der Waals surface area (Å²) >= 11 is 0. The van der Waals surface area contributed by atoms with Gasteiger partial charge in [-0.2, -0.15) is 0 Å². The van der Waals surface area contributed by atoms with E-state index in [4.69, 9.17) is 4.74 Å². The number of esters is 1. The minimum absolute atomic E-state index is 0.216. The van der Waals surface area contributed by atoms with Gasteiger partial charge in [0.1, 0.15) is 6.29 Å². The summed E-state index contributed by atoms with van der Waals surface area (Å²) in [6.45, 7) is -0.273. The van der Waals surface area contributed by atoms with Crippen molar-refractivity contribution in [3.8, 4) is 0 Å². The van der Waals surface area contributed by atoms with Crippen LogP contribution < -0.4 is 5.32 Å². The molecule has 5 nitrogen and oxygen atoms in total. The maximum atomic E-state index is 11.7. The Balaban J connectivity index is 1.78. The fourth-order valence-electron chi connectivity index (χ4n) is 2.25. The predicted molar refractivity (Wildman–Crippen MR) is 72.5 cm³/mol. The zero-order chi connectivity index (χ0) is 14.4. The van der Waals surface area contributed by atoms with E-state index in [-0.39, 0.29) is 18.6 Å². The van der Waals surface area contributed by atoms with E-state index in [1.54, 1.807) is 0 Å². The van der Waals surface area contributed by atoms with Crippen LogP contribution in [0.1, 0.15) is 46.4 Å². The first-order valence-electron chi connectivity index (χ1n) is 6.71. The van der Waals surface area contributed by atoms with E-state index in [1.807, 2.05) is 0 Å². The summed E-state index contributed by atoms with van der Waals surface area (Å²) in [6.07, 6.45) is 4.95. The molecule has 5 heteroatoms. The van der Waals surface area contributed by atoms with Gasteiger partial charge in [-0.3, -0.25) is 9.59 Å². The molecule has 0 radical (unpaired) electrons. The molecular weight excluding hydrogens is 258 g/mol. The van der Waals surface area contributed by atoms with Gasteiger partial charge in [-0.05, 0) is 25.0 Å². The van der Waals surface area contributed by atoms with Crippen LogP contribution in [0.15, 0.2) is 24.3 Å². The average Bonchev–Trinajstić information content (AvgIpc) is 2.97. The van der Waals surface area contributed by atoms with Crippen molar-refractivity contribution in [3.63, 3.8) is 0 Å². The van der Waals surface area contributed by atoms with E-state index in [0.717, 1.165) is 25.7 Å². The van der Waals surface area contributed by atoms with Crippen molar-refractivity contribution in [2.75, 3.05) is 6.61 Å². The number of ether oxygens (including phenoxy) is 1. The van der Waals surface area contributed by atoms with E-state index in [0.29, 0.717) is 17.4 Å². The highest BCUT2D eigenvalue weighted by Crippen LogP contribution is 2.17. The molecule has 0 atom stereocenters. The number of amides is 1. The Labute approximate surface area is 117 Å². The fraction of sp³-hybridized carbons (Fsp3) is 0.400. The normalized spacial score (nSPS) is 14.8. The molecule has 1 aromatic carbocycles. The third-order valence-electron chi connectivity index (χ3n) is 3.34. The second-order valence-electron chi connectivity index (χ2n) is 4.86. The van der Waals surface area contributed by atoms with E-state index in [9.17, 15) is 14.4 Å². The number of benzene rings is 1. The number of nitrogens with one attached hydrogen (secondary N) is 1. The van der Waals surface area contributed by atoms with E-state index < -0.39 is 5.97 Å². The Kier molecular flexibility index (Phi) is 4.87. The predicted octanol–water partition coefficient (Wildman–Crippen LogP) is 1.71. The molecule has 20 heavy (non-hydrogen) atoms. The molecule has 106 valence electrons. The maximum Gasteiger partial charge on any atom is 0.338 e. The van der Waals surface area contributed by atoms with Crippen molar-refractivity contribution in [1.29, 1.82) is 0 Å². The fourth-order valence-corrected chi connectivity index (χ4v) is 2.25. The Morgan fingerprint density at radius 3 is 2.45 bits per heavy atom. The monoisotopic (exact) mass is 275 g/mol.